The van der Waals surface area contributed by atoms with Gasteiger partial charge in [-0.1, -0.05) is 38.1 Å². The maximum Gasteiger partial charge on any atom is 0.119 e. The molecule has 5 nitrogen and oxygen atoms in total. The molecule has 5 heteroatoms. The summed E-state index contributed by atoms with van der Waals surface area (Å²) in [5.41, 5.74) is -0.432. The van der Waals surface area contributed by atoms with Crippen molar-refractivity contribution in [1.29, 1.82) is 0 Å². The summed E-state index contributed by atoms with van der Waals surface area (Å²) in [5.74, 6) is -2.16. The molecule has 0 radical (unpaired) electrons. The van der Waals surface area contributed by atoms with Crippen molar-refractivity contribution in [3.8, 4) is 5.75 Å². The highest BCUT2D eigenvalue weighted by molar-refractivity contribution is 5.85. The first-order valence-electron chi connectivity index (χ1n) is 7.74. The van der Waals surface area contributed by atoms with Crippen LogP contribution in [0.15, 0.2) is 36.4 Å². The van der Waals surface area contributed by atoms with Gasteiger partial charge < -0.3 is 24.5 Å². The summed E-state index contributed by atoms with van der Waals surface area (Å²) in [5, 5.41) is 24.3. The maximum absolute atomic E-state index is 11.5. The Hall–Kier alpha value is -2.56. The molecule has 0 aliphatic carbocycles. The van der Waals surface area contributed by atoms with E-state index in [1.165, 1.54) is 0 Å². The number of aliphatic carboxylic acids is 2. The van der Waals surface area contributed by atoms with Gasteiger partial charge >= 0.3 is 0 Å². The van der Waals surface area contributed by atoms with E-state index in [0.717, 1.165) is 22.1 Å². The molecule has 0 saturated heterocycles. The van der Waals surface area contributed by atoms with Crippen LogP contribution in [0.1, 0.15) is 38.2 Å². The Kier molecular flexibility index (Phi) is 5.12. The van der Waals surface area contributed by atoms with Crippen LogP contribution in [0.4, 0.5) is 0 Å². The molecular weight excluding hydrogens is 308 g/mol. The van der Waals surface area contributed by atoms with Crippen LogP contribution in [0.3, 0.4) is 0 Å². The number of carbonyl (C=O) groups is 2. The number of hydrogen-bond donors (Lipinski definition) is 0. The topological polar surface area (TPSA) is 89.5 Å². The summed E-state index contributed by atoms with van der Waals surface area (Å²) >= 11 is 0. The predicted octanol–water partition coefficient (Wildman–Crippen LogP) is 1.24. The van der Waals surface area contributed by atoms with Gasteiger partial charge in [0, 0.05) is 17.4 Å². The van der Waals surface area contributed by atoms with Crippen molar-refractivity contribution < 1.29 is 24.5 Å². The van der Waals surface area contributed by atoms with Crippen LogP contribution in [0.2, 0.25) is 0 Å². The van der Waals surface area contributed by atoms with Gasteiger partial charge in [-0.05, 0) is 47.2 Å². The Morgan fingerprint density at radius 2 is 1.71 bits per heavy atom. The van der Waals surface area contributed by atoms with Crippen LogP contribution < -0.4 is 14.9 Å². The van der Waals surface area contributed by atoms with Crippen molar-refractivity contribution in [2.45, 2.75) is 32.6 Å². The lowest BCUT2D eigenvalue weighted by molar-refractivity contribution is -0.319. The summed E-state index contributed by atoms with van der Waals surface area (Å²) < 4.78 is 5.19. The third-order valence-electron chi connectivity index (χ3n) is 4.51. The van der Waals surface area contributed by atoms with Gasteiger partial charge in [-0.2, -0.15) is 0 Å². The number of carboxylic acids is 2. The zero-order valence-electron chi connectivity index (χ0n) is 14.0. The minimum absolute atomic E-state index is 0.172. The Balaban J connectivity index is 2.46. The van der Waals surface area contributed by atoms with E-state index in [1.807, 2.05) is 36.4 Å². The summed E-state index contributed by atoms with van der Waals surface area (Å²) in [4.78, 5) is 22.4. The molecule has 1 atom stereocenters. The minimum Gasteiger partial charge on any atom is -0.550 e. The molecule has 2 aromatic rings. The first kappa shape index (κ1) is 17.8. The Labute approximate surface area is 140 Å². The minimum atomic E-state index is -1.21. The van der Waals surface area contributed by atoms with Gasteiger partial charge in [0.2, 0.25) is 0 Å². The molecule has 0 saturated carbocycles. The molecule has 0 heterocycles. The van der Waals surface area contributed by atoms with Gasteiger partial charge in [0.05, 0.1) is 7.11 Å². The van der Waals surface area contributed by atoms with Crippen LogP contribution in [0.5, 0.6) is 5.75 Å². The monoisotopic (exact) mass is 328 g/mol. The second-order valence-electron chi connectivity index (χ2n) is 6.44. The maximum atomic E-state index is 11.5. The van der Waals surface area contributed by atoms with Crippen molar-refractivity contribution in [2.24, 2.45) is 5.41 Å². The standard InChI is InChI=1S/C19H22O5/c1-19(2,18(22)23)16(8-9-17(20)21)14-5-4-13-11-15(24-3)7-6-12(13)10-14/h4-7,10-11,16H,8-9H2,1-3H3,(H,20,21)(H,22,23)/p-2/t16-/m1/s1. The van der Waals surface area contributed by atoms with Crippen LogP contribution in [0, 0.1) is 5.41 Å². The fourth-order valence-electron chi connectivity index (χ4n) is 2.93. The number of hydrogen-bond acceptors (Lipinski definition) is 5. The average Bonchev–Trinajstić information content (AvgIpc) is 2.53. The summed E-state index contributed by atoms with van der Waals surface area (Å²) in [6.07, 6.45) is -0.0347. The number of methoxy groups -OCH3 is 1. The normalized spacial score (nSPS) is 12.8. The second-order valence-corrected chi connectivity index (χ2v) is 6.44. The van der Waals surface area contributed by atoms with E-state index < -0.39 is 23.3 Å². The van der Waals surface area contributed by atoms with E-state index >= 15 is 0 Å². The zero-order chi connectivity index (χ0) is 17.9. The van der Waals surface area contributed by atoms with E-state index in [0.29, 0.717) is 0 Å². The van der Waals surface area contributed by atoms with E-state index in [-0.39, 0.29) is 12.8 Å². The molecule has 0 fully saturated rings. The Morgan fingerprint density at radius 1 is 1.08 bits per heavy atom. The molecule has 0 aliphatic rings. The van der Waals surface area contributed by atoms with Crippen molar-refractivity contribution in [1.82, 2.24) is 0 Å². The molecular formula is C19H20O5-2. The molecule has 0 bridgehead atoms. The molecule has 2 aromatic carbocycles. The molecule has 0 aromatic heterocycles. The first-order chi connectivity index (χ1) is 11.3. The Morgan fingerprint density at radius 3 is 2.29 bits per heavy atom. The quantitative estimate of drug-likeness (QED) is 0.763. The van der Waals surface area contributed by atoms with Crippen LogP contribution in [-0.2, 0) is 9.59 Å². The summed E-state index contributed by atoms with van der Waals surface area (Å²) in [6.45, 7) is 3.11. The van der Waals surface area contributed by atoms with Crippen LogP contribution in [0.25, 0.3) is 10.8 Å². The fourth-order valence-corrected chi connectivity index (χ4v) is 2.93. The lowest BCUT2D eigenvalue weighted by atomic mass is 9.72. The van der Waals surface area contributed by atoms with Crippen LogP contribution >= 0.6 is 0 Å². The number of carbonyl (C=O) groups excluding carboxylic acids is 2. The highest BCUT2D eigenvalue weighted by Gasteiger charge is 2.32. The lowest BCUT2D eigenvalue weighted by Gasteiger charge is -2.36. The number of ether oxygens (including phenoxy) is 1. The number of carboxylic acid groups (broad SMARTS) is 2. The van der Waals surface area contributed by atoms with Gasteiger partial charge in [0.1, 0.15) is 5.75 Å². The largest absolute Gasteiger partial charge is 0.550 e. The highest BCUT2D eigenvalue weighted by atomic mass is 16.5. The second kappa shape index (κ2) is 6.91. The summed E-state index contributed by atoms with van der Waals surface area (Å²) in [6, 6.07) is 11.2. The van der Waals surface area contributed by atoms with Gasteiger partial charge in [0.25, 0.3) is 0 Å². The van der Waals surface area contributed by atoms with E-state index in [2.05, 4.69) is 0 Å². The van der Waals surface area contributed by atoms with Crippen LogP contribution in [-0.4, -0.2) is 19.0 Å². The lowest BCUT2D eigenvalue weighted by Crippen LogP contribution is -2.42. The molecule has 0 spiro atoms. The zero-order valence-corrected chi connectivity index (χ0v) is 14.0. The molecule has 2 rings (SSSR count). The Bertz CT molecular complexity index is 763. The van der Waals surface area contributed by atoms with Gasteiger partial charge in [0.15, 0.2) is 0 Å². The van der Waals surface area contributed by atoms with Gasteiger partial charge in [-0.25, -0.2) is 0 Å². The third-order valence-corrected chi connectivity index (χ3v) is 4.51. The number of benzene rings is 2. The third kappa shape index (κ3) is 3.67. The average molecular weight is 328 g/mol. The summed E-state index contributed by atoms with van der Waals surface area (Å²) in [7, 11) is 1.59. The van der Waals surface area contributed by atoms with Gasteiger partial charge in [-0.15, -0.1) is 0 Å². The fraction of sp³-hybridized carbons (Fsp3) is 0.368. The number of fused-ring (bicyclic) bond motifs is 1. The molecule has 0 amide bonds. The van der Waals surface area contributed by atoms with Gasteiger partial charge in [-0.3, -0.25) is 0 Å². The molecule has 24 heavy (non-hydrogen) atoms. The highest BCUT2D eigenvalue weighted by Crippen LogP contribution is 2.40. The SMILES string of the molecule is COc1ccc2cc([C@@H](CCC(=O)[O-])C(C)(C)C(=O)[O-])ccc2c1. The molecule has 0 unspecified atom stereocenters. The van der Waals surface area contributed by atoms with Crippen molar-refractivity contribution >= 4 is 22.7 Å². The predicted molar refractivity (Wildman–Crippen MR) is 86.3 cm³/mol. The van der Waals surface area contributed by atoms with E-state index in [1.54, 1.807) is 21.0 Å². The first-order valence-corrected chi connectivity index (χ1v) is 7.74. The molecule has 0 aliphatic heterocycles. The van der Waals surface area contributed by atoms with Crippen molar-refractivity contribution in [2.75, 3.05) is 7.11 Å². The van der Waals surface area contributed by atoms with Crippen molar-refractivity contribution in [3.63, 3.8) is 0 Å². The molecule has 0 N–H and O–H groups in total. The van der Waals surface area contributed by atoms with E-state index in [9.17, 15) is 19.8 Å². The van der Waals surface area contributed by atoms with E-state index in [4.69, 9.17) is 4.74 Å². The smallest absolute Gasteiger partial charge is 0.119 e. The van der Waals surface area contributed by atoms with Crippen molar-refractivity contribution in [3.05, 3.63) is 42.0 Å². The number of rotatable bonds is 7. The molecule has 128 valence electrons.